The Hall–Kier alpha value is -1.58. The predicted molar refractivity (Wildman–Crippen MR) is 94.4 cm³/mol. The summed E-state index contributed by atoms with van der Waals surface area (Å²) in [4.78, 5) is 28.5. The number of hydrogen-bond donors (Lipinski definition) is 1. The number of rotatable bonds is 7. The Morgan fingerprint density at radius 2 is 2.12 bits per heavy atom. The molecule has 2 amide bonds. The molecular formula is C16H25N5O3S. The zero-order chi connectivity index (χ0) is 17.6. The van der Waals surface area contributed by atoms with Gasteiger partial charge in [0.05, 0.1) is 5.92 Å². The van der Waals surface area contributed by atoms with Gasteiger partial charge in [-0.25, -0.2) is 0 Å². The van der Waals surface area contributed by atoms with Gasteiger partial charge in [0.2, 0.25) is 16.9 Å². The second-order valence-corrected chi connectivity index (χ2v) is 7.55. The first-order valence-corrected chi connectivity index (χ1v) is 9.61. The van der Waals surface area contributed by atoms with Crippen molar-refractivity contribution >= 4 is 28.3 Å². The molecule has 0 aromatic carbocycles. The van der Waals surface area contributed by atoms with Gasteiger partial charge in [0, 0.05) is 33.2 Å². The Balaban J connectivity index is 1.46. The van der Waals surface area contributed by atoms with E-state index in [1.54, 1.807) is 12.0 Å². The number of amides is 2. The molecule has 1 unspecified atom stereocenters. The van der Waals surface area contributed by atoms with Gasteiger partial charge in [0.25, 0.3) is 0 Å². The van der Waals surface area contributed by atoms with E-state index >= 15 is 0 Å². The van der Waals surface area contributed by atoms with Crippen LogP contribution in [0.1, 0.15) is 30.7 Å². The van der Waals surface area contributed by atoms with Crippen molar-refractivity contribution < 1.29 is 14.3 Å². The van der Waals surface area contributed by atoms with Crippen molar-refractivity contribution in [1.82, 2.24) is 20.4 Å². The molecule has 3 rings (SSSR count). The monoisotopic (exact) mass is 367 g/mol. The zero-order valence-electron chi connectivity index (χ0n) is 14.6. The number of ether oxygens (including phenoxy) is 1. The highest BCUT2D eigenvalue weighted by Crippen LogP contribution is 2.28. The average molecular weight is 367 g/mol. The summed E-state index contributed by atoms with van der Waals surface area (Å²) in [6, 6.07) is 0. The van der Waals surface area contributed by atoms with Crippen LogP contribution in [0.25, 0.3) is 0 Å². The van der Waals surface area contributed by atoms with Crippen LogP contribution in [-0.4, -0.2) is 66.7 Å². The predicted octanol–water partition coefficient (Wildman–Crippen LogP) is 0.640. The number of nitrogens with zero attached hydrogens (tertiary/aromatic N) is 4. The highest BCUT2D eigenvalue weighted by molar-refractivity contribution is 7.15. The molecule has 0 spiro atoms. The van der Waals surface area contributed by atoms with Crippen LogP contribution in [0.3, 0.4) is 0 Å². The summed E-state index contributed by atoms with van der Waals surface area (Å²) >= 11 is 1.33. The molecule has 2 aliphatic heterocycles. The molecule has 2 saturated heterocycles. The van der Waals surface area contributed by atoms with E-state index in [4.69, 9.17) is 4.74 Å². The maximum absolute atomic E-state index is 12.4. The van der Waals surface area contributed by atoms with Crippen LogP contribution in [0, 0.1) is 5.92 Å². The van der Waals surface area contributed by atoms with E-state index in [0.717, 1.165) is 24.6 Å². The number of anilines is 1. The first kappa shape index (κ1) is 18.2. The minimum Gasteiger partial charge on any atom is -0.377 e. The summed E-state index contributed by atoms with van der Waals surface area (Å²) in [5, 5.41) is 12.3. The van der Waals surface area contributed by atoms with E-state index in [0.29, 0.717) is 24.8 Å². The van der Waals surface area contributed by atoms with Crippen molar-refractivity contribution in [2.75, 3.05) is 44.7 Å². The van der Waals surface area contributed by atoms with E-state index in [1.165, 1.54) is 30.6 Å². The third-order valence-corrected chi connectivity index (χ3v) is 5.55. The van der Waals surface area contributed by atoms with E-state index in [-0.39, 0.29) is 24.2 Å². The molecule has 1 atom stereocenters. The molecule has 138 valence electrons. The molecule has 3 heterocycles. The minimum atomic E-state index is -0.316. The molecular weight excluding hydrogens is 342 g/mol. The molecule has 2 fully saturated rings. The van der Waals surface area contributed by atoms with E-state index in [2.05, 4.69) is 20.4 Å². The van der Waals surface area contributed by atoms with E-state index in [1.807, 2.05) is 0 Å². The first-order chi connectivity index (χ1) is 12.2. The number of piperidine rings is 1. The minimum absolute atomic E-state index is 0.0468. The summed E-state index contributed by atoms with van der Waals surface area (Å²) in [6.45, 7) is 4.50. The third-order valence-electron chi connectivity index (χ3n) is 4.63. The van der Waals surface area contributed by atoms with Gasteiger partial charge in [-0.15, -0.1) is 10.2 Å². The lowest BCUT2D eigenvalue weighted by molar-refractivity contribution is -0.126. The van der Waals surface area contributed by atoms with Crippen LogP contribution in [0.5, 0.6) is 0 Å². The maximum Gasteiger partial charge on any atom is 0.229 e. The van der Waals surface area contributed by atoms with E-state index in [9.17, 15) is 9.59 Å². The first-order valence-electron chi connectivity index (χ1n) is 8.79. The van der Waals surface area contributed by atoms with Gasteiger partial charge >= 0.3 is 0 Å². The van der Waals surface area contributed by atoms with Crippen LogP contribution >= 0.6 is 11.3 Å². The quantitative estimate of drug-likeness (QED) is 0.761. The van der Waals surface area contributed by atoms with Crippen LogP contribution < -0.4 is 10.2 Å². The Morgan fingerprint density at radius 1 is 1.32 bits per heavy atom. The van der Waals surface area contributed by atoms with Crippen molar-refractivity contribution in [3.63, 3.8) is 0 Å². The molecule has 0 saturated carbocycles. The fourth-order valence-electron chi connectivity index (χ4n) is 3.27. The maximum atomic E-state index is 12.4. The largest absolute Gasteiger partial charge is 0.377 e. The highest BCUT2D eigenvalue weighted by Gasteiger charge is 2.36. The van der Waals surface area contributed by atoms with Gasteiger partial charge in [-0.1, -0.05) is 17.8 Å². The number of methoxy groups -OCH3 is 1. The molecule has 0 radical (unpaired) electrons. The van der Waals surface area contributed by atoms with Gasteiger partial charge in [0.1, 0.15) is 11.6 Å². The molecule has 25 heavy (non-hydrogen) atoms. The van der Waals surface area contributed by atoms with Gasteiger partial charge in [-0.3, -0.25) is 14.5 Å². The molecule has 2 aliphatic rings. The van der Waals surface area contributed by atoms with Gasteiger partial charge in [-0.2, -0.15) is 0 Å². The summed E-state index contributed by atoms with van der Waals surface area (Å²) < 4.78 is 5.02. The number of aromatic nitrogens is 2. The van der Waals surface area contributed by atoms with Gasteiger partial charge < -0.3 is 15.0 Å². The number of carbonyl (C=O) groups is 2. The second-order valence-electron chi connectivity index (χ2n) is 6.51. The van der Waals surface area contributed by atoms with Gasteiger partial charge in [0.15, 0.2) is 0 Å². The lowest BCUT2D eigenvalue weighted by atomic mass is 10.1. The second kappa shape index (κ2) is 8.68. The Kier molecular flexibility index (Phi) is 6.33. The van der Waals surface area contributed by atoms with Crippen molar-refractivity contribution in [3.05, 3.63) is 5.01 Å². The SMILES string of the molecule is COCc1nnc(N2CC(C(=O)NCCN3CCCCC3)CC2=O)s1. The fraction of sp³-hybridized carbons (Fsp3) is 0.750. The standard InChI is InChI=1S/C16H25N5O3S/c1-24-11-13-18-19-16(25-13)21-10-12(9-14(21)22)15(23)17-5-8-20-6-3-2-4-7-20/h12H,2-11H2,1H3,(H,17,23). The highest BCUT2D eigenvalue weighted by atomic mass is 32.1. The van der Waals surface area contributed by atoms with Crippen molar-refractivity contribution in [2.45, 2.75) is 32.3 Å². The van der Waals surface area contributed by atoms with Crippen LogP contribution in [0.4, 0.5) is 5.13 Å². The Labute approximate surface area is 151 Å². The van der Waals surface area contributed by atoms with Crippen molar-refractivity contribution in [2.24, 2.45) is 5.92 Å². The molecule has 1 N–H and O–H groups in total. The Morgan fingerprint density at radius 3 is 2.88 bits per heavy atom. The lowest BCUT2D eigenvalue weighted by Gasteiger charge is -2.26. The van der Waals surface area contributed by atoms with Crippen LogP contribution in [0.15, 0.2) is 0 Å². The third kappa shape index (κ3) is 4.74. The fourth-order valence-corrected chi connectivity index (χ4v) is 4.11. The summed E-state index contributed by atoms with van der Waals surface area (Å²) in [5.41, 5.74) is 0. The van der Waals surface area contributed by atoms with Crippen molar-refractivity contribution in [3.8, 4) is 0 Å². The number of nitrogens with one attached hydrogen (secondary N) is 1. The number of likely N-dealkylation sites (tertiary alicyclic amines) is 1. The molecule has 1 aromatic heterocycles. The zero-order valence-corrected chi connectivity index (χ0v) is 15.4. The smallest absolute Gasteiger partial charge is 0.229 e. The topological polar surface area (TPSA) is 87.7 Å². The lowest BCUT2D eigenvalue weighted by Crippen LogP contribution is -2.40. The Bertz CT molecular complexity index is 602. The van der Waals surface area contributed by atoms with E-state index < -0.39 is 0 Å². The molecule has 0 aliphatic carbocycles. The molecule has 1 aromatic rings. The summed E-state index contributed by atoms with van der Waals surface area (Å²) in [5.74, 6) is -0.436. The van der Waals surface area contributed by atoms with Crippen molar-refractivity contribution in [1.29, 1.82) is 0 Å². The summed E-state index contributed by atoms with van der Waals surface area (Å²) in [6.07, 6.45) is 4.02. The average Bonchev–Trinajstić information content (AvgIpc) is 3.22. The van der Waals surface area contributed by atoms with Crippen LogP contribution in [-0.2, 0) is 20.9 Å². The summed E-state index contributed by atoms with van der Waals surface area (Å²) in [7, 11) is 1.59. The molecule has 0 bridgehead atoms. The number of carbonyl (C=O) groups excluding carboxylic acids is 2. The molecule has 8 nitrogen and oxygen atoms in total. The van der Waals surface area contributed by atoms with Gasteiger partial charge in [-0.05, 0) is 25.9 Å². The molecule has 9 heteroatoms. The normalized spacial score (nSPS) is 21.7. The number of hydrogen-bond acceptors (Lipinski definition) is 7. The van der Waals surface area contributed by atoms with Crippen LogP contribution in [0.2, 0.25) is 0 Å².